The predicted molar refractivity (Wildman–Crippen MR) is 120 cm³/mol. The van der Waals surface area contributed by atoms with Gasteiger partial charge in [0.15, 0.2) is 0 Å². The molecule has 4 nitrogen and oxygen atoms in total. The third kappa shape index (κ3) is 3.97. The van der Waals surface area contributed by atoms with E-state index in [0.29, 0.717) is 34.8 Å². The molecule has 1 N–H and O–H groups in total. The van der Waals surface area contributed by atoms with Gasteiger partial charge in [-0.05, 0) is 66.5 Å². The summed E-state index contributed by atoms with van der Waals surface area (Å²) < 4.78 is 0. The molecule has 30 heavy (non-hydrogen) atoms. The van der Waals surface area contributed by atoms with E-state index in [1.54, 1.807) is 11.8 Å². The SMILES string of the molecule is O=C(N[C@@H]1C[C@H]2CC[C@H]1C2)c1ccc([C@@H]2SCC(=O)N2Cc2ccc(Cl)cc2)cc1. The van der Waals surface area contributed by atoms with Gasteiger partial charge in [0.25, 0.3) is 5.91 Å². The molecule has 6 heteroatoms. The largest absolute Gasteiger partial charge is 0.349 e. The predicted octanol–water partition coefficient (Wildman–Crippen LogP) is 5.03. The molecule has 0 unspecified atom stereocenters. The van der Waals surface area contributed by atoms with E-state index in [4.69, 9.17) is 11.6 Å². The molecular weight excluding hydrogens is 416 g/mol. The minimum absolute atomic E-state index is 0.0206. The highest BCUT2D eigenvalue weighted by atomic mass is 35.5. The smallest absolute Gasteiger partial charge is 0.251 e. The van der Waals surface area contributed by atoms with Crippen LogP contribution in [0.5, 0.6) is 0 Å². The van der Waals surface area contributed by atoms with Gasteiger partial charge in [-0.3, -0.25) is 9.59 Å². The zero-order valence-electron chi connectivity index (χ0n) is 16.7. The van der Waals surface area contributed by atoms with Crippen LogP contribution >= 0.6 is 23.4 Å². The van der Waals surface area contributed by atoms with E-state index in [-0.39, 0.29) is 17.2 Å². The minimum atomic E-state index is -0.0316. The molecule has 1 saturated heterocycles. The Morgan fingerprint density at radius 2 is 1.83 bits per heavy atom. The van der Waals surface area contributed by atoms with Crippen molar-refractivity contribution in [2.45, 2.75) is 43.6 Å². The molecule has 156 valence electrons. The van der Waals surface area contributed by atoms with Gasteiger partial charge < -0.3 is 10.2 Å². The Labute approximate surface area is 186 Å². The van der Waals surface area contributed by atoms with Crippen LogP contribution in [0.4, 0.5) is 0 Å². The van der Waals surface area contributed by atoms with Crippen molar-refractivity contribution < 1.29 is 9.59 Å². The standard InChI is InChI=1S/C24H25ClN2O2S/c25-20-9-2-15(3-10-20)13-27-22(28)14-30-24(27)18-7-5-17(6-8-18)23(29)26-21-12-16-1-4-19(21)11-16/h2-3,5-10,16,19,21,24H,1,4,11-14H2,(H,26,29)/t16-,19-,21+,24-/m0/s1. The third-order valence-corrected chi connectivity index (χ3v) is 8.25. The second kappa shape index (κ2) is 8.27. The van der Waals surface area contributed by atoms with E-state index >= 15 is 0 Å². The topological polar surface area (TPSA) is 49.4 Å². The highest BCUT2D eigenvalue weighted by Crippen LogP contribution is 2.44. The Morgan fingerprint density at radius 1 is 1.07 bits per heavy atom. The molecule has 2 aromatic rings. The fourth-order valence-corrected chi connectivity index (χ4v) is 6.47. The van der Waals surface area contributed by atoms with Crippen LogP contribution in [0.2, 0.25) is 5.02 Å². The molecule has 0 spiro atoms. The van der Waals surface area contributed by atoms with Crippen molar-refractivity contribution in [3.05, 3.63) is 70.2 Å². The number of thioether (sulfide) groups is 1. The number of rotatable bonds is 5. The van der Waals surface area contributed by atoms with Crippen molar-refractivity contribution in [1.29, 1.82) is 0 Å². The lowest BCUT2D eigenvalue weighted by Gasteiger charge is -2.25. The lowest BCUT2D eigenvalue weighted by atomic mass is 9.95. The molecule has 2 aromatic carbocycles. The summed E-state index contributed by atoms with van der Waals surface area (Å²) in [5.74, 6) is 2.11. The molecule has 3 aliphatic rings. The van der Waals surface area contributed by atoms with Gasteiger partial charge in [-0.2, -0.15) is 0 Å². The first-order valence-electron chi connectivity index (χ1n) is 10.6. The third-order valence-electron chi connectivity index (χ3n) is 6.75. The van der Waals surface area contributed by atoms with Crippen LogP contribution < -0.4 is 5.32 Å². The number of carbonyl (C=O) groups excluding carboxylic acids is 2. The summed E-state index contributed by atoms with van der Waals surface area (Å²) in [7, 11) is 0. The zero-order valence-corrected chi connectivity index (χ0v) is 18.3. The van der Waals surface area contributed by atoms with Crippen molar-refractivity contribution >= 4 is 35.2 Å². The molecule has 2 bridgehead atoms. The molecule has 1 heterocycles. The van der Waals surface area contributed by atoms with Gasteiger partial charge in [-0.25, -0.2) is 0 Å². The normalized spacial score (nSPS) is 27.6. The van der Waals surface area contributed by atoms with Gasteiger partial charge in [-0.15, -0.1) is 11.8 Å². The van der Waals surface area contributed by atoms with E-state index in [0.717, 1.165) is 23.5 Å². The summed E-state index contributed by atoms with van der Waals surface area (Å²) in [6, 6.07) is 15.7. The van der Waals surface area contributed by atoms with Crippen molar-refractivity contribution in [1.82, 2.24) is 10.2 Å². The van der Waals surface area contributed by atoms with Gasteiger partial charge in [0, 0.05) is 23.2 Å². The maximum atomic E-state index is 12.7. The lowest BCUT2D eigenvalue weighted by Crippen LogP contribution is -2.38. The Kier molecular flexibility index (Phi) is 5.50. The summed E-state index contributed by atoms with van der Waals surface area (Å²) in [6.45, 7) is 0.556. The summed E-state index contributed by atoms with van der Waals surface area (Å²) >= 11 is 7.61. The number of nitrogens with zero attached hydrogens (tertiary/aromatic N) is 1. The van der Waals surface area contributed by atoms with Crippen LogP contribution in [0.3, 0.4) is 0 Å². The average Bonchev–Trinajstić information content (AvgIpc) is 3.47. The van der Waals surface area contributed by atoms with Crippen molar-refractivity contribution in [3.8, 4) is 0 Å². The Bertz CT molecular complexity index is 947. The van der Waals surface area contributed by atoms with Crippen molar-refractivity contribution in [2.75, 3.05) is 5.75 Å². The van der Waals surface area contributed by atoms with E-state index < -0.39 is 0 Å². The van der Waals surface area contributed by atoms with Crippen LogP contribution in [0, 0.1) is 11.8 Å². The Morgan fingerprint density at radius 3 is 2.50 bits per heavy atom. The quantitative estimate of drug-likeness (QED) is 0.709. The maximum Gasteiger partial charge on any atom is 0.251 e. The number of carbonyl (C=O) groups is 2. The molecule has 3 fully saturated rings. The number of nitrogens with one attached hydrogen (secondary N) is 1. The van der Waals surface area contributed by atoms with Crippen LogP contribution in [-0.2, 0) is 11.3 Å². The highest BCUT2D eigenvalue weighted by Gasteiger charge is 2.40. The number of fused-ring (bicyclic) bond motifs is 2. The first-order valence-corrected chi connectivity index (χ1v) is 12.1. The number of hydrogen-bond acceptors (Lipinski definition) is 3. The van der Waals surface area contributed by atoms with Crippen molar-refractivity contribution in [3.63, 3.8) is 0 Å². The molecule has 1 aliphatic heterocycles. The molecule has 0 aromatic heterocycles. The summed E-state index contributed by atoms with van der Waals surface area (Å²) in [5, 5.41) is 3.91. The van der Waals surface area contributed by atoms with Gasteiger partial charge in [-0.1, -0.05) is 42.3 Å². The Hall–Kier alpha value is -1.98. The van der Waals surface area contributed by atoms with Gasteiger partial charge in [0.05, 0.1) is 5.75 Å². The fraction of sp³-hybridized carbons (Fsp3) is 0.417. The summed E-state index contributed by atoms with van der Waals surface area (Å²) in [5.41, 5.74) is 2.80. The van der Waals surface area contributed by atoms with E-state index in [1.807, 2.05) is 53.4 Å². The van der Waals surface area contributed by atoms with Gasteiger partial charge in [0.1, 0.15) is 5.37 Å². The van der Waals surface area contributed by atoms with Gasteiger partial charge in [0.2, 0.25) is 5.91 Å². The van der Waals surface area contributed by atoms with Crippen LogP contribution in [0.15, 0.2) is 48.5 Å². The summed E-state index contributed by atoms with van der Waals surface area (Å²) in [6.07, 6.45) is 5.00. The van der Waals surface area contributed by atoms with Crippen LogP contribution in [0.25, 0.3) is 0 Å². The van der Waals surface area contributed by atoms with Crippen LogP contribution in [0.1, 0.15) is 52.5 Å². The van der Waals surface area contributed by atoms with E-state index in [2.05, 4.69) is 5.32 Å². The molecule has 4 atom stereocenters. The average molecular weight is 441 g/mol. The first-order chi connectivity index (χ1) is 14.6. The monoisotopic (exact) mass is 440 g/mol. The number of amides is 2. The number of hydrogen-bond donors (Lipinski definition) is 1. The number of halogens is 1. The summed E-state index contributed by atoms with van der Waals surface area (Å²) in [4.78, 5) is 27.1. The minimum Gasteiger partial charge on any atom is -0.349 e. The number of benzene rings is 2. The van der Waals surface area contributed by atoms with Crippen LogP contribution in [-0.4, -0.2) is 28.5 Å². The molecule has 2 aliphatic carbocycles. The molecule has 0 radical (unpaired) electrons. The second-order valence-electron chi connectivity index (χ2n) is 8.69. The fourth-order valence-electron chi connectivity index (χ4n) is 5.16. The molecule has 2 saturated carbocycles. The van der Waals surface area contributed by atoms with E-state index in [1.165, 1.54) is 19.3 Å². The molecule has 2 amide bonds. The lowest BCUT2D eigenvalue weighted by molar-refractivity contribution is -0.128. The molecule has 5 rings (SSSR count). The van der Waals surface area contributed by atoms with Gasteiger partial charge >= 0.3 is 0 Å². The van der Waals surface area contributed by atoms with E-state index in [9.17, 15) is 9.59 Å². The highest BCUT2D eigenvalue weighted by molar-refractivity contribution is 8.00. The maximum absolute atomic E-state index is 12.7. The zero-order chi connectivity index (χ0) is 20.7. The Balaban J connectivity index is 1.26. The van der Waals surface area contributed by atoms with Crippen molar-refractivity contribution in [2.24, 2.45) is 11.8 Å². The first kappa shape index (κ1) is 20.0. The second-order valence-corrected chi connectivity index (χ2v) is 10.2. The molecular formula is C24H25ClN2O2S.